The number of benzene rings is 2. The Labute approximate surface area is 157 Å². The molecule has 1 amide bonds. The number of nitrogens with one attached hydrogen (secondary N) is 1. The molecule has 0 aliphatic carbocycles. The van der Waals surface area contributed by atoms with Crippen LogP contribution < -0.4 is 10.1 Å². The molecule has 0 bridgehead atoms. The maximum absolute atomic E-state index is 13.1. The molecule has 1 atom stereocenters. The van der Waals surface area contributed by atoms with Crippen LogP contribution in [0.2, 0.25) is 0 Å². The van der Waals surface area contributed by atoms with E-state index in [1.54, 1.807) is 12.1 Å². The van der Waals surface area contributed by atoms with Gasteiger partial charge in [0.1, 0.15) is 17.3 Å². The molecular weight excluding hydrogens is 349 g/mol. The normalized spacial score (nSPS) is 14.9. The van der Waals surface area contributed by atoms with Crippen LogP contribution in [0.5, 0.6) is 11.5 Å². The molecule has 0 unspecified atom stereocenters. The van der Waals surface area contributed by atoms with Crippen LogP contribution in [-0.4, -0.2) is 22.7 Å². The van der Waals surface area contributed by atoms with Crippen LogP contribution in [0.25, 0.3) is 0 Å². The van der Waals surface area contributed by atoms with Gasteiger partial charge in [-0.1, -0.05) is 26.0 Å². The summed E-state index contributed by atoms with van der Waals surface area (Å²) in [6.45, 7) is 4.07. The van der Waals surface area contributed by atoms with Crippen LogP contribution in [0.4, 0.5) is 10.1 Å². The molecule has 0 saturated heterocycles. The lowest BCUT2D eigenvalue weighted by Gasteiger charge is -2.28. The zero-order valence-corrected chi connectivity index (χ0v) is 15.5. The zero-order chi connectivity index (χ0) is 19.6. The van der Waals surface area contributed by atoms with E-state index in [1.807, 2.05) is 0 Å². The van der Waals surface area contributed by atoms with Gasteiger partial charge in [0.15, 0.2) is 6.61 Å². The number of carbonyl (C=O) groups is 1. The molecule has 3 rings (SSSR count). The Balaban J connectivity index is 1.69. The molecule has 3 N–H and O–H groups in total. The second kappa shape index (κ2) is 7.56. The maximum atomic E-state index is 13.1. The first kappa shape index (κ1) is 19.2. The highest BCUT2D eigenvalue weighted by Crippen LogP contribution is 2.41. The number of hydrogen-bond acceptors (Lipinski definition) is 4. The van der Waals surface area contributed by atoms with Gasteiger partial charge in [-0.15, -0.1) is 0 Å². The first-order valence-electron chi connectivity index (χ1n) is 8.95. The summed E-state index contributed by atoms with van der Waals surface area (Å²) < 4.78 is 18.5. The van der Waals surface area contributed by atoms with E-state index in [4.69, 9.17) is 4.74 Å². The molecule has 2 aromatic rings. The van der Waals surface area contributed by atoms with Crippen molar-refractivity contribution in [2.24, 2.45) is 5.41 Å². The van der Waals surface area contributed by atoms with Gasteiger partial charge in [-0.3, -0.25) is 4.79 Å². The van der Waals surface area contributed by atoms with Gasteiger partial charge in [0, 0.05) is 11.6 Å². The largest absolute Gasteiger partial charge is 0.508 e. The molecule has 0 fully saturated rings. The molecule has 27 heavy (non-hydrogen) atoms. The summed E-state index contributed by atoms with van der Waals surface area (Å²) in [6, 6.07) is 9.32. The van der Waals surface area contributed by atoms with Gasteiger partial charge in [-0.2, -0.15) is 0 Å². The molecule has 0 radical (unpaired) electrons. The number of amides is 1. The van der Waals surface area contributed by atoms with E-state index in [1.165, 1.54) is 24.3 Å². The first-order chi connectivity index (χ1) is 12.7. The molecule has 0 spiro atoms. The fourth-order valence-electron chi connectivity index (χ4n) is 3.39. The SMILES string of the molecule is CC(C)(CC[C@H](O)c1cc(O)cc2c1OCC(=O)N2)Cc1ccc(F)cc1. The predicted octanol–water partition coefficient (Wildman–Crippen LogP) is 3.94. The van der Waals surface area contributed by atoms with Gasteiger partial charge in [0.05, 0.1) is 11.8 Å². The minimum atomic E-state index is -0.839. The lowest BCUT2D eigenvalue weighted by Crippen LogP contribution is -2.26. The number of ether oxygens (including phenoxy) is 1. The fraction of sp³-hybridized carbons (Fsp3) is 0.381. The molecule has 1 heterocycles. The standard InChI is InChI=1S/C21H24FNO4/c1-21(2,11-13-3-5-14(22)6-4-13)8-7-18(25)16-9-15(24)10-17-20(16)27-12-19(26)23-17/h3-6,9-10,18,24-25H,7-8,11-12H2,1-2H3,(H,23,26)/t18-/m0/s1. The minimum absolute atomic E-state index is 0.0424. The monoisotopic (exact) mass is 373 g/mol. The Morgan fingerprint density at radius 3 is 2.67 bits per heavy atom. The highest BCUT2D eigenvalue weighted by Gasteiger charge is 2.26. The van der Waals surface area contributed by atoms with Crippen LogP contribution in [0.1, 0.15) is 43.9 Å². The zero-order valence-electron chi connectivity index (χ0n) is 15.5. The molecular formula is C21H24FNO4. The smallest absolute Gasteiger partial charge is 0.262 e. The molecule has 0 saturated carbocycles. The van der Waals surface area contributed by atoms with Crippen LogP contribution in [-0.2, 0) is 11.2 Å². The summed E-state index contributed by atoms with van der Waals surface area (Å²) in [5.41, 5.74) is 1.76. The van der Waals surface area contributed by atoms with Gasteiger partial charge in [-0.25, -0.2) is 4.39 Å². The van der Waals surface area contributed by atoms with Crippen LogP contribution in [0, 0.1) is 11.2 Å². The van der Waals surface area contributed by atoms with Gasteiger partial charge < -0.3 is 20.3 Å². The van der Waals surface area contributed by atoms with Crippen molar-refractivity contribution in [1.82, 2.24) is 0 Å². The van der Waals surface area contributed by atoms with Crippen molar-refractivity contribution in [2.75, 3.05) is 11.9 Å². The van der Waals surface area contributed by atoms with Crippen molar-refractivity contribution in [1.29, 1.82) is 0 Å². The van der Waals surface area contributed by atoms with E-state index in [9.17, 15) is 19.4 Å². The molecule has 1 aliphatic heterocycles. The third-order valence-corrected chi connectivity index (χ3v) is 4.77. The summed E-state index contributed by atoms with van der Waals surface area (Å²) in [5, 5.41) is 23.2. The van der Waals surface area contributed by atoms with Gasteiger partial charge >= 0.3 is 0 Å². The molecule has 144 valence electrons. The summed E-state index contributed by atoms with van der Waals surface area (Å²) in [4.78, 5) is 11.5. The van der Waals surface area contributed by atoms with Crippen LogP contribution >= 0.6 is 0 Å². The summed E-state index contributed by atoms with van der Waals surface area (Å²) in [5.74, 6) is -0.197. The van der Waals surface area contributed by atoms with Crippen molar-refractivity contribution in [3.63, 3.8) is 0 Å². The van der Waals surface area contributed by atoms with Crippen molar-refractivity contribution in [2.45, 2.75) is 39.2 Å². The number of fused-ring (bicyclic) bond motifs is 1. The predicted molar refractivity (Wildman–Crippen MR) is 100 cm³/mol. The highest BCUT2D eigenvalue weighted by molar-refractivity contribution is 5.96. The second-order valence-corrected chi connectivity index (χ2v) is 7.77. The number of aliphatic hydroxyl groups is 1. The summed E-state index contributed by atoms with van der Waals surface area (Å²) in [6.07, 6.45) is 1.09. The van der Waals surface area contributed by atoms with Gasteiger partial charge in [0.2, 0.25) is 0 Å². The number of hydrogen-bond donors (Lipinski definition) is 3. The number of aromatic hydroxyl groups is 1. The van der Waals surface area contributed by atoms with Crippen molar-refractivity contribution in [3.05, 3.63) is 53.3 Å². The summed E-state index contributed by atoms with van der Waals surface area (Å²) in [7, 11) is 0. The van der Waals surface area contributed by atoms with E-state index in [0.717, 1.165) is 12.0 Å². The Morgan fingerprint density at radius 2 is 1.96 bits per heavy atom. The number of anilines is 1. The minimum Gasteiger partial charge on any atom is -0.508 e. The maximum Gasteiger partial charge on any atom is 0.262 e. The quantitative estimate of drug-likeness (QED) is 0.717. The first-order valence-corrected chi connectivity index (χ1v) is 8.95. The Hall–Kier alpha value is -2.60. The van der Waals surface area contributed by atoms with Crippen LogP contribution in [0.3, 0.4) is 0 Å². The fourth-order valence-corrected chi connectivity index (χ4v) is 3.39. The Morgan fingerprint density at radius 1 is 1.26 bits per heavy atom. The molecule has 6 heteroatoms. The second-order valence-electron chi connectivity index (χ2n) is 7.77. The Bertz CT molecular complexity index is 833. The van der Waals surface area contributed by atoms with E-state index >= 15 is 0 Å². The number of halogens is 1. The van der Waals surface area contributed by atoms with E-state index in [2.05, 4.69) is 19.2 Å². The van der Waals surface area contributed by atoms with Crippen molar-refractivity contribution in [3.8, 4) is 11.5 Å². The third kappa shape index (κ3) is 4.77. The average Bonchev–Trinajstić information content (AvgIpc) is 2.60. The number of phenolic OH excluding ortho intramolecular Hbond substituents is 1. The van der Waals surface area contributed by atoms with Gasteiger partial charge in [0.25, 0.3) is 5.91 Å². The molecule has 5 nitrogen and oxygen atoms in total. The molecule has 0 aromatic heterocycles. The number of carbonyl (C=O) groups excluding carboxylic acids is 1. The lowest BCUT2D eigenvalue weighted by molar-refractivity contribution is -0.118. The average molecular weight is 373 g/mol. The van der Waals surface area contributed by atoms with Crippen molar-refractivity contribution < 1.29 is 24.1 Å². The van der Waals surface area contributed by atoms with Gasteiger partial charge in [-0.05, 0) is 48.4 Å². The lowest BCUT2D eigenvalue weighted by atomic mass is 9.80. The summed E-state index contributed by atoms with van der Waals surface area (Å²) >= 11 is 0. The molecule has 2 aromatic carbocycles. The van der Waals surface area contributed by atoms with E-state index in [0.29, 0.717) is 29.8 Å². The van der Waals surface area contributed by atoms with Crippen LogP contribution in [0.15, 0.2) is 36.4 Å². The number of rotatable bonds is 6. The van der Waals surface area contributed by atoms with Crippen molar-refractivity contribution >= 4 is 11.6 Å². The number of phenols is 1. The molecule has 1 aliphatic rings. The third-order valence-electron chi connectivity index (χ3n) is 4.77. The number of aliphatic hydroxyl groups excluding tert-OH is 1. The van der Waals surface area contributed by atoms with E-state index in [-0.39, 0.29) is 29.5 Å². The highest BCUT2D eigenvalue weighted by atomic mass is 19.1. The van der Waals surface area contributed by atoms with E-state index < -0.39 is 6.10 Å². The Kier molecular flexibility index (Phi) is 5.37. The topological polar surface area (TPSA) is 78.8 Å².